The van der Waals surface area contributed by atoms with Crippen LogP contribution in [0.25, 0.3) is 0 Å². The summed E-state index contributed by atoms with van der Waals surface area (Å²) < 4.78 is 18.7. The highest BCUT2D eigenvalue weighted by atomic mass is 19.1. The van der Waals surface area contributed by atoms with Crippen LogP contribution in [0.3, 0.4) is 0 Å². The van der Waals surface area contributed by atoms with E-state index in [1.54, 1.807) is 12.1 Å². The third-order valence-corrected chi connectivity index (χ3v) is 4.16. The highest BCUT2D eigenvalue weighted by Gasteiger charge is 2.33. The Morgan fingerprint density at radius 3 is 2.48 bits per heavy atom. The predicted molar refractivity (Wildman–Crippen MR) is 86.3 cm³/mol. The molecule has 1 aliphatic rings. The van der Waals surface area contributed by atoms with E-state index < -0.39 is 6.10 Å². The molecule has 0 aromatic heterocycles. The molecule has 2 aromatic rings. The van der Waals surface area contributed by atoms with Gasteiger partial charge < -0.3 is 9.64 Å². The Balaban J connectivity index is 1.71. The van der Waals surface area contributed by atoms with Gasteiger partial charge in [-0.25, -0.2) is 4.39 Å². The molecule has 0 spiro atoms. The van der Waals surface area contributed by atoms with E-state index in [0.29, 0.717) is 19.6 Å². The monoisotopic (exact) mass is 313 g/mol. The first-order valence-corrected chi connectivity index (χ1v) is 7.84. The summed E-state index contributed by atoms with van der Waals surface area (Å²) in [6.45, 7) is 3.10. The van der Waals surface area contributed by atoms with Crippen LogP contribution in [0.15, 0.2) is 54.6 Å². The zero-order valence-corrected chi connectivity index (χ0v) is 13.1. The van der Waals surface area contributed by atoms with Gasteiger partial charge in [0.1, 0.15) is 11.9 Å². The molecule has 2 unspecified atom stereocenters. The molecule has 2 aromatic carbocycles. The number of hydrogen-bond donors (Lipinski definition) is 0. The minimum Gasteiger partial charge on any atom is -0.366 e. The summed E-state index contributed by atoms with van der Waals surface area (Å²) in [6, 6.07) is 16.2. The maximum absolute atomic E-state index is 13.0. The molecule has 0 saturated carbocycles. The minimum absolute atomic E-state index is 0.00284. The molecular weight excluding hydrogens is 293 g/mol. The van der Waals surface area contributed by atoms with Gasteiger partial charge in [0.15, 0.2) is 0 Å². The van der Waals surface area contributed by atoms with Gasteiger partial charge in [0, 0.05) is 13.0 Å². The number of nitrogens with zero attached hydrogens (tertiary/aromatic N) is 1. The molecule has 4 heteroatoms. The molecule has 0 bridgehead atoms. The van der Waals surface area contributed by atoms with Gasteiger partial charge in [-0.05, 0) is 30.2 Å². The minimum atomic E-state index is -0.500. The highest BCUT2D eigenvalue weighted by Crippen LogP contribution is 2.20. The smallest absolute Gasteiger partial charge is 0.252 e. The Kier molecular flexibility index (Phi) is 4.72. The van der Waals surface area contributed by atoms with Crippen LogP contribution in [0.1, 0.15) is 18.1 Å². The van der Waals surface area contributed by atoms with Crippen LogP contribution in [-0.2, 0) is 22.5 Å². The summed E-state index contributed by atoms with van der Waals surface area (Å²) in [4.78, 5) is 14.6. The van der Waals surface area contributed by atoms with E-state index in [1.807, 2.05) is 42.2 Å². The first kappa shape index (κ1) is 15.7. The van der Waals surface area contributed by atoms with Gasteiger partial charge in [0.2, 0.25) is 0 Å². The van der Waals surface area contributed by atoms with E-state index >= 15 is 0 Å². The van der Waals surface area contributed by atoms with Crippen molar-refractivity contribution in [3.8, 4) is 0 Å². The van der Waals surface area contributed by atoms with Crippen molar-refractivity contribution in [3.63, 3.8) is 0 Å². The molecule has 1 saturated heterocycles. The lowest BCUT2D eigenvalue weighted by Crippen LogP contribution is -2.52. The lowest BCUT2D eigenvalue weighted by molar-refractivity contribution is -0.159. The highest BCUT2D eigenvalue weighted by molar-refractivity contribution is 5.82. The average Bonchev–Trinajstić information content (AvgIpc) is 2.57. The molecule has 1 heterocycles. The number of rotatable bonds is 4. The van der Waals surface area contributed by atoms with Gasteiger partial charge in [0.05, 0.1) is 12.6 Å². The largest absolute Gasteiger partial charge is 0.366 e. The average molecular weight is 313 g/mol. The standard InChI is InChI=1S/C19H20FNO2/c1-14-13-23-18(11-15-7-9-17(20)10-8-15)19(22)21(14)12-16-5-3-2-4-6-16/h2-10,14,18H,11-13H2,1H3. The van der Waals surface area contributed by atoms with Crippen LogP contribution in [0, 0.1) is 5.82 Å². The number of carbonyl (C=O) groups excluding carboxylic acids is 1. The van der Waals surface area contributed by atoms with Gasteiger partial charge in [-0.3, -0.25) is 4.79 Å². The maximum atomic E-state index is 13.0. The normalized spacial score (nSPS) is 21.5. The lowest BCUT2D eigenvalue weighted by atomic mass is 10.0. The SMILES string of the molecule is CC1COC(Cc2ccc(F)cc2)C(=O)N1Cc1ccccc1. The molecule has 0 N–H and O–H groups in total. The van der Waals surface area contributed by atoms with Gasteiger partial charge in [0.25, 0.3) is 5.91 Å². The van der Waals surface area contributed by atoms with Crippen LogP contribution >= 0.6 is 0 Å². The van der Waals surface area contributed by atoms with Crippen LogP contribution in [0.2, 0.25) is 0 Å². The molecule has 1 aliphatic heterocycles. The van der Waals surface area contributed by atoms with E-state index in [9.17, 15) is 9.18 Å². The predicted octanol–water partition coefficient (Wildman–Crippen LogP) is 3.18. The summed E-state index contributed by atoms with van der Waals surface area (Å²) >= 11 is 0. The number of carbonyl (C=O) groups is 1. The van der Waals surface area contributed by atoms with Crippen molar-refractivity contribution in [2.75, 3.05) is 6.61 Å². The fourth-order valence-corrected chi connectivity index (χ4v) is 2.81. The van der Waals surface area contributed by atoms with E-state index in [4.69, 9.17) is 4.74 Å². The summed E-state index contributed by atoms with van der Waals surface area (Å²) in [5.74, 6) is -0.277. The molecule has 1 fully saturated rings. The van der Waals surface area contributed by atoms with Crippen LogP contribution in [0.5, 0.6) is 0 Å². The summed E-state index contributed by atoms with van der Waals surface area (Å²) in [7, 11) is 0. The number of halogens is 1. The molecule has 120 valence electrons. The molecular formula is C19H20FNO2. The molecule has 23 heavy (non-hydrogen) atoms. The van der Waals surface area contributed by atoms with Crippen molar-refractivity contribution >= 4 is 5.91 Å². The molecule has 0 radical (unpaired) electrons. The van der Waals surface area contributed by atoms with Crippen LogP contribution in [0.4, 0.5) is 4.39 Å². The van der Waals surface area contributed by atoms with E-state index in [1.165, 1.54) is 12.1 Å². The second kappa shape index (κ2) is 6.92. The first-order chi connectivity index (χ1) is 11.1. The number of benzene rings is 2. The molecule has 3 rings (SSSR count). The quantitative estimate of drug-likeness (QED) is 0.867. The Hall–Kier alpha value is -2.20. The second-order valence-corrected chi connectivity index (χ2v) is 5.95. The van der Waals surface area contributed by atoms with Crippen molar-refractivity contribution in [1.82, 2.24) is 4.90 Å². The number of ether oxygens (including phenoxy) is 1. The fraction of sp³-hybridized carbons (Fsp3) is 0.316. The Morgan fingerprint density at radius 2 is 1.78 bits per heavy atom. The van der Waals surface area contributed by atoms with Gasteiger partial charge in [-0.15, -0.1) is 0 Å². The van der Waals surface area contributed by atoms with Crippen molar-refractivity contribution in [1.29, 1.82) is 0 Å². The Bertz CT molecular complexity index is 657. The molecule has 2 atom stereocenters. The van der Waals surface area contributed by atoms with Crippen molar-refractivity contribution in [3.05, 3.63) is 71.5 Å². The zero-order valence-electron chi connectivity index (χ0n) is 13.1. The topological polar surface area (TPSA) is 29.5 Å². The third-order valence-electron chi connectivity index (χ3n) is 4.16. The van der Waals surface area contributed by atoms with E-state index in [2.05, 4.69) is 0 Å². The van der Waals surface area contributed by atoms with Crippen molar-refractivity contribution < 1.29 is 13.9 Å². The molecule has 3 nitrogen and oxygen atoms in total. The van der Waals surface area contributed by atoms with Crippen LogP contribution in [-0.4, -0.2) is 29.6 Å². The maximum Gasteiger partial charge on any atom is 0.252 e. The fourth-order valence-electron chi connectivity index (χ4n) is 2.81. The second-order valence-electron chi connectivity index (χ2n) is 5.95. The first-order valence-electron chi connectivity index (χ1n) is 7.84. The Morgan fingerprint density at radius 1 is 1.09 bits per heavy atom. The van der Waals surface area contributed by atoms with E-state index in [-0.39, 0.29) is 17.8 Å². The van der Waals surface area contributed by atoms with E-state index in [0.717, 1.165) is 11.1 Å². The van der Waals surface area contributed by atoms with Crippen molar-refractivity contribution in [2.45, 2.75) is 32.0 Å². The summed E-state index contributed by atoms with van der Waals surface area (Å²) in [5.41, 5.74) is 2.01. The third kappa shape index (κ3) is 3.77. The summed E-state index contributed by atoms with van der Waals surface area (Å²) in [5, 5.41) is 0. The Labute approximate surface area is 135 Å². The molecule has 0 aliphatic carbocycles. The van der Waals surface area contributed by atoms with Crippen LogP contribution < -0.4 is 0 Å². The molecule has 1 amide bonds. The van der Waals surface area contributed by atoms with Crippen molar-refractivity contribution in [2.24, 2.45) is 0 Å². The van der Waals surface area contributed by atoms with Gasteiger partial charge >= 0.3 is 0 Å². The summed E-state index contributed by atoms with van der Waals surface area (Å²) in [6.07, 6.45) is -0.0303. The lowest BCUT2D eigenvalue weighted by Gasteiger charge is -2.37. The number of amides is 1. The zero-order chi connectivity index (χ0) is 16.2. The number of hydrogen-bond acceptors (Lipinski definition) is 2. The number of morpholine rings is 1. The van der Waals surface area contributed by atoms with Gasteiger partial charge in [-0.1, -0.05) is 42.5 Å². The van der Waals surface area contributed by atoms with Gasteiger partial charge in [-0.2, -0.15) is 0 Å².